The summed E-state index contributed by atoms with van der Waals surface area (Å²) in [4.78, 5) is 12.1. The zero-order chi connectivity index (χ0) is 22.3. The number of anilines is 1. The normalized spacial score (nSPS) is 10.9. The van der Waals surface area contributed by atoms with Gasteiger partial charge in [-0.2, -0.15) is 5.10 Å². The summed E-state index contributed by atoms with van der Waals surface area (Å²) in [5.41, 5.74) is 6.09. The second-order valence-electron chi connectivity index (χ2n) is 7.25. The lowest BCUT2D eigenvalue weighted by Crippen LogP contribution is -2.24. The van der Waals surface area contributed by atoms with Crippen molar-refractivity contribution >= 4 is 44.6 Å². The Morgan fingerprint density at radius 1 is 1.00 bits per heavy atom. The molecule has 0 aliphatic carbocycles. The van der Waals surface area contributed by atoms with Gasteiger partial charge in [-0.05, 0) is 59.2 Å². The summed E-state index contributed by atoms with van der Waals surface area (Å²) in [6, 6.07) is 27.2. The zero-order valence-corrected chi connectivity index (χ0v) is 19.1. The van der Waals surface area contributed by atoms with Gasteiger partial charge in [0.15, 0.2) is 0 Å². The van der Waals surface area contributed by atoms with Crippen molar-refractivity contribution in [2.75, 3.05) is 5.32 Å². The molecule has 0 aliphatic heterocycles. The number of amides is 2. The minimum absolute atomic E-state index is 0.419. The van der Waals surface area contributed by atoms with Gasteiger partial charge in [0.25, 0.3) is 0 Å². The first-order valence-electron chi connectivity index (χ1n) is 10.1. The maximum Gasteiger partial charge on any atom is 0.339 e. The third kappa shape index (κ3) is 5.34. The van der Waals surface area contributed by atoms with Crippen molar-refractivity contribution in [2.24, 2.45) is 5.10 Å². The van der Waals surface area contributed by atoms with E-state index in [1.54, 1.807) is 6.21 Å². The van der Waals surface area contributed by atoms with Crippen molar-refractivity contribution in [1.82, 2.24) is 5.43 Å². The molecule has 0 heterocycles. The second-order valence-corrected chi connectivity index (χ2v) is 8.11. The average Bonchev–Trinajstić information content (AvgIpc) is 2.81. The van der Waals surface area contributed by atoms with Crippen LogP contribution in [-0.4, -0.2) is 12.2 Å². The largest absolute Gasteiger partial charge is 0.488 e. The Morgan fingerprint density at radius 3 is 2.66 bits per heavy atom. The van der Waals surface area contributed by atoms with Gasteiger partial charge in [0.2, 0.25) is 0 Å². The molecular weight excluding hydrogens is 466 g/mol. The van der Waals surface area contributed by atoms with Crippen molar-refractivity contribution in [3.05, 3.63) is 106 Å². The standard InChI is InChI=1S/C26H22BrN3O2/c1-18-15-22(13-14-24(18)27)29-26(31)30-28-16-20-8-3-5-12-25(20)32-17-21-10-6-9-19-7-2-4-11-23(19)21/h2-16H,17H2,1H3,(H2,29,30,31). The Balaban J connectivity index is 1.40. The number of nitrogens with one attached hydrogen (secondary N) is 2. The van der Waals surface area contributed by atoms with E-state index in [4.69, 9.17) is 4.74 Å². The number of hydrogen-bond acceptors (Lipinski definition) is 3. The lowest BCUT2D eigenvalue weighted by atomic mass is 10.1. The molecule has 0 bridgehead atoms. The van der Waals surface area contributed by atoms with E-state index in [1.807, 2.05) is 67.6 Å². The molecule has 0 fully saturated rings. The minimum atomic E-state index is -0.419. The number of nitrogens with zero attached hydrogens (tertiary/aromatic N) is 1. The molecule has 0 radical (unpaired) electrons. The predicted octanol–water partition coefficient (Wildman–Crippen LogP) is 6.65. The van der Waals surface area contributed by atoms with Gasteiger partial charge in [0, 0.05) is 15.7 Å². The molecule has 0 spiro atoms. The topological polar surface area (TPSA) is 62.7 Å². The van der Waals surface area contributed by atoms with Crippen LogP contribution in [0.5, 0.6) is 5.75 Å². The van der Waals surface area contributed by atoms with Crippen molar-refractivity contribution in [2.45, 2.75) is 13.5 Å². The van der Waals surface area contributed by atoms with Gasteiger partial charge in [0.05, 0.1) is 6.21 Å². The van der Waals surface area contributed by atoms with Crippen LogP contribution in [-0.2, 0) is 6.61 Å². The molecule has 0 saturated carbocycles. The van der Waals surface area contributed by atoms with Gasteiger partial charge >= 0.3 is 6.03 Å². The van der Waals surface area contributed by atoms with Crippen molar-refractivity contribution in [3.63, 3.8) is 0 Å². The Labute approximate surface area is 195 Å². The van der Waals surface area contributed by atoms with Crippen LogP contribution < -0.4 is 15.5 Å². The van der Waals surface area contributed by atoms with Crippen LogP contribution in [0.4, 0.5) is 10.5 Å². The lowest BCUT2D eigenvalue weighted by Gasteiger charge is -2.11. The van der Waals surface area contributed by atoms with E-state index < -0.39 is 6.03 Å². The summed E-state index contributed by atoms with van der Waals surface area (Å²) in [5, 5.41) is 9.17. The van der Waals surface area contributed by atoms with Crippen molar-refractivity contribution < 1.29 is 9.53 Å². The van der Waals surface area contributed by atoms with Crippen molar-refractivity contribution in [1.29, 1.82) is 0 Å². The van der Waals surface area contributed by atoms with E-state index in [2.05, 4.69) is 56.0 Å². The number of aryl methyl sites for hydroxylation is 1. The predicted molar refractivity (Wildman–Crippen MR) is 133 cm³/mol. The first-order chi connectivity index (χ1) is 15.6. The van der Waals surface area contributed by atoms with Crippen LogP contribution in [0, 0.1) is 6.92 Å². The van der Waals surface area contributed by atoms with E-state index in [0.717, 1.165) is 21.2 Å². The Kier molecular flexibility index (Phi) is 6.82. The highest BCUT2D eigenvalue weighted by Gasteiger charge is 2.05. The molecular formula is C26H22BrN3O2. The Hall–Kier alpha value is -3.64. The molecule has 4 aromatic rings. The highest BCUT2D eigenvalue weighted by Crippen LogP contribution is 2.22. The SMILES string of the molecule is Cc1cc(NC(=O)NN=Cc2ccccc2OCc2cccc3ccccc23)ccc1Br. The molecule has 2 amide bonds. The molecule has 4 rings (SSSR count). The molecule has 4 aromatic carbocycles. The smallest absolute Gasteiger partial charge is 0.339 e. The molecule has 32 heavy (non-hydrogen) atoms. The van der Waals surface area contributed by atoms with E-state index in [-0.39, 0.29) is 0 Å². The van der Waals surface area contributed by atoms with Crippen LogP contribution >= 0.6 is 15.9 Å². The number of benzene rings is 4. The minimum Gasteiger partial charge on any atom is -0.488 e. The van der Waals surface area contributed by atoms with Gasteiger partial charge < -0.3 is 10.1 Å². The number of carbonyl (C=O) groups is 1. The molecule has 160 valence electrons. The number of para-hydroxylation sites is 1. The van der Waals surface area contributed by atoms with Crippen molar-refractivity contribution in [3.8, 4) is 5.75 Å². The summed E-state index contributed by atoms with van der Waals surface area (Å²) in [6.07, 6.45) is 1.57. The number of hydrogen-bond donors (Lipinski definition) is 2. The van der Waals surface area contributed by atoms with Gasteiger partial charge in [-0.25, -0.2) is 10.2 Å². The van der Waals surface area contributed by atoms with Gasteiger partial charge in [-0.3, -0.25) is 0 Å². The number of rotatable bonds is 6. The van der Waals surface area contributed by atoms with Crippen LogP contribution in [0.1, 0.15) is 16.7 Å². The third-order valence-corrected chi connectivity index (χ3v) is 5.86. The number of hydrazone groups is 1. The van der Waals surface area contributed by atoms with Gasteiger partial charge in [-0.15, -0.1) is 0 Å². The van der Waals surface area contributed by atoms with Crippen LogP contribution in [0.3, 0.4) is 0 Å². The molecule has 0 unspecified atom stereocenters. The summed E-state index contributed by atoms with van der Waals surface area (Å²) in [6.45, 7) is 2.39. The second kappa shape index (κ2) is 10.1. The Morgan fingerprint density at radius 2 is 1.78 bits per heavy atom. The first kappa shape index (κ1) is 21.6. The third-order valence-electron chi connectivity index (χ3n) is 4.97. The average molecular weight is 488 g/mol. The quantitative estimate of drug-likeness (QED) is 0.236. The van der Waals surface area contributed by atoms with E-state index >= 15 is 0 Å². The van der Waals surface area contributed by atoms with E-state index in [1.165, 1.54) is 10.8 Å². The fourth-order valence-corrected chi connectivity index (χ4v) is 3.58. The monoisotopic (exact) mass is 487 g/mol. The fourth-order valence-electron chi connectivity index (χ4n) is 3.33. The molecule has 0 atom stereocenters. The van der Waals surface area contributed by atoms with Crippen LogP contribution in [0.25, 0.3) is 10.8 Å². The van der Waals surface area contributed by atoms with Crippen LogP contribution in [0.2, 0.25) is 0 Å². The van der Waals surface area contributed by atoms with E-state index in [9.17, 15) is 4.79 Å². The van der Waals surface area contributed by atoms with E-state index in [0.29, 0.717) is 18.0 Å². The van der Waals surface area contributed by atoms with Crippen LogP contribution in [0.15, 0.2) is 94.5 Å². The molecule has 5 nitrogen and oxygen atoms in total. The summed E-state index contributed by atoms with van der Waals surface area (Å²) < 4.78 is 7.07. The van der Waals surface area contributed by atoms with Gasteiger partial charge in [0.1, 0.15) is 12.4 Å². The summed E-state index contributed by atoms with van der Waals surface area (Å²) in [5.74, 6) is 0.690. The summed E-state index contributed by atoms with van der Waals surface area (Å²) >= 11 is 3.45. The zero-order valence-electron chi connectivity index (χ0n) is 17.5. The maximum absolute atomic E-state index is 12.1. The number of halogens is 1. The number of carbonyl (C=O) groups excluding carboxylic acids is 1. The summed E-state index contributed by atoms with van der Waals surface area (Å²) in [7, 11) is 0. The molecule has 6 heteroatoms. The molecule has 0 saturated heterocycles. The highest BCUT2D eigenvalue weighted by atomic mass is 79.9. The Bertz CT molecular complexity index is 1280. The molecule has 0 aromatic heterocycles. The number of fused-ring (bicyclic) bond motifs is 1. The molecule has 0 aliphatic rings. The maximum atomic E-state index is 12.1. The lowest BCUT2D eigenvalue weighted by molar-refractivity contribution is 0.252. The highest BCUT2D eigenvalue weighted by molar-refractivity contribution is 9.10. The fraction of sp³-hybridized carbons (Fsp3) is 0.0769. The number of urea groups is 1. The molecule has 2 N–H and O–H groups in total. The number of ether oxygens (including phenoxy) is 1. The first-order valence-corrected chi connectivity index (χ1v) is 10.9. The van der Waals surface area contributed by atoms with Gasteiger partial charge in [-0.1, -0.05) is 70.5 Å².